The third kappa shape index (κ3) is 4.43. The predicted octanol–water partition coefficient (Wildman–Crippen LogP) is 2.74. The number of esters is 1. The van der Waals surface area contributed by atoms with Gasteiger partial charge in [-0.05, 0) is 37.6 Å². The second-order valence-corrected chi connectivity index (χ2v) is 5.27. The molecule has 0 spiro atoms. The van der Waals surface area contributed by atoms with E-state index in [1.54, 1.807) is 13.2 Å². The van der Waals surface area contributed by atoms with E-state index in [1.807, 2.05) is 42.8 Å². The minimum Gasteiger partial charge on any atom is -0.462 e. The molecular formula is C17H22N2O3. The fourth-order valence-electron chi connectivity index (χ4n) is 2.26. The molecule has 22 heavy (non-hydrogen) atoms. The first-order valence-electron chi connectivity index (χ1n) is 7.36. The number of carbonyl (C=O) groups excluding carboxylic acids is 1. The Balaban J connectivity index is 2.00. The smallest absolute Gasteiger partial charge is 0.338 e. The molecule has 0 amide bonds. The van der Waals surface area contributed by atoms with Crippen LogP contribution in [-0.4, -0.2) is 36.1 Å². The van der Waals surface area contributed by atoms with Crippen LogP contribution in [0.4, 0.5) is 0 Å². The van der Waals surface area contributed by atoms with E-state index in [0.717, 1.165) is 17.0 Å². The summed E-state index contributed by atoms with van der Waals surface area (Å²) in [6.45, 7) is 5.59. The molecule has 1 heterocycles. The summed E-state index contributed by atoms with van der Waals surface area (Å²) in [5.74, 6) is -0.300. The second-order valence-electron chi connectivity index (χ2n) is 5.27. The van der Waals surface area contributed by atoms with Crippen LogP contribution >= 0.6 is 0 Å². The fraction of sp³-hybridized carbons (Fsp3) is 0.412. The maximum atomic E-state index is 12.0. The quantitative estimate of drug-likeness (QED) is 0.583. The molecule has 0 aliphatic carbocycles. The van der Waals surface area contributed by atoms with Crippen molar-refractivity contribution in [1.29, 1.82) is 0 Å². The van der Waals surface area contributed by atoms with E-state index in [4.69, 9.17) is 9.47 Å². The third-order valence-electron chi connectivity index (χ3n) is 3.32. The zero-order chi connectivity index (χ0) is 15.9. The zero-order valence-corrected chi connectivity index (χ0v) is 13.3. The molecule has 0 saturated carbocycles. The lowest BCUT2D eigenvalue weighted by molar-refractivity contribution is 0.0468. The lowest BCUT2D eigenvalue weighted by atomic mass is 10.1. The first-order chi connectivity index (χ1) is 10.6. The number of hydrogen-bond donors (Lipinski definition) is 0. The molecule has 0 N–H and O–H groups in total. The zero-order valence-electron chi connectivity index (χ0n) is 13.3. The molecule has 0 saturated heterocycles. The van der Waals surface area contributed by atoms with Crippen molar-refractivity contribution < 1.29 is 14.3 Å². The van der Waals surface area contributed by atoms with E-state index in [9.17, 15) is 4.79 Å². The van der Waals surface area contributed by atoms with Gasteiger partial charge >= 0.3 is 5.97 Å². The van der Waals surface area contributed by atoms with Crippen LogP contribution in [0, 0.1) is 13.8 Å². The Morgan fingerprint density at radius 3 is 2.73 bits per heavy atom. The van der Waals surface area contributed by atoms with Gasteiger partial charge in [0.15, 0.2) is 0 Å². The summed E-state index contributed by atoms with van der Waals surface area (Å²) in [6.07, 6.45) is 0.702. The molecule has 0 bridgehead atoms. The third-order valence-corrected chi connectivity index (χ3v) is 3.32. The van der Waals surface area contributed by atoms with Gasteiger partial charge in [-0.2, -0.15) is 5.10 Å². The molecule has 118 valence electrons. The predicted molar refractivity (Wildman–Crippen MR) is 84.0 cm³/mol. The summed E-state index contributed by atoms with van der Waals surface area (Å²) < 4.78 is 12.1. The Morgan fingerprint density at radius 1 is 1.23 bits per heavy atom. The van der Waals surface area contributed by atoms with Crippen molar-refractivity contribution in [2.45, 2.75) is 26.8 Å². The highest BCUT2D eigenvalue weighted by Gasteiger charge is 2.09. The molecule has 1 aromatic heterocycles. The van der Waals surface area contributed by atoms with E-state index in [0.29, 0.717) is 31.7 Å². The number of aryl methyl sites for hydroxylation is 2. The Hall–Kier alpha value is -2.14. The minimum atomic E-state index is -0.300. The van der Waals surface area contributed by atoms with Gasteiger partial charge in [-0.3, -0.25) is 4.68 Å². The number of carbonyl (C=O) groups is 1. The van der Waals surface area contributed by atoms with Gasteiger partial charge in [0.2, 0.25) is 0 Å². The van der Waals surface area contributed by atoms with Crippen LogP contribution in [0.3, 0.4) is 0 Å². The normalized spacial score (nSPS) is 10.7. The fourth-order valence-corrected chi connectivity index (χ4v) is 2.26. The molecule has 0 unspecified atom stereocenters. The maximum Gasteiger partial charge on any atom is 0.338 e. The van der Waals surface area contributed by atoms with Crippen LogP contribution in [0.25, 0.3) is 0 Å². The van der Waals surface area contributed by atoms with Crippen molar-refractivity contribution in [3.63, 3.8) is 0 Å². The van der Waals surface area contributed by atoms with Crippen molar-refractivity contribution in [2.75, 3.05) is 20.3 Å². The number of rotatable bonds is 7. The maximum absolute atomic E-state index is 12.0. The van der Waals surface area contributed by atoms with Gasteiger partial charge in [-0.15, -0.1) is 0 Å². The van der Waals surface area contributed by atoms with E-state index >= 15 is 0 Å². The van der Waals surface area contributed by atoms with Gasteiger partial charge < -0.3 is 9.47 Å². The minimum absolute atomic E-state index is 0.300. The molecule has 0 aliphatic heterocycles. The number of methoxy groups -OCH3 is 1. The standard InChI is InChI=1S/C17H22N2O3/c1-13-10-14(2)19(18-13)12-15-6-4-7-16(11-15)17(20)22-9-5-8-21-3/h4,6-7,10-11H,5,8-9,12H2,1-3H3. The van der Waals surface area contributed by atoms with E-state index < -0.39 is 0 Å². The van der Waals surface area contributed by atoms with Crippen molar-refractivity contribution in [3.8, 4) is 0 Å². The first-order valence-corrected chi connectivity index (χ1v) is 7.36. The number of benzene rings is 1. The van der Waals surface area contributed by atoms with Crippen molar-refractivity contribution in [1.82, 2.24) is 9.78 Å². The van der Waals surface area contributed by atoms with Crippen LogP contribution in [0.15, 0.2) is 30.3 Å². The highest BCUT2D eigenvalue weighted by Crippen LogP contribution is 2.11. The molecule has 2 aromatic rings. The van der Waals surface area contributed by atoms with E-state index in [-0.39, 0.29) is 5.97 Å². The van der Waals surface area contributed by atoms with Gasteiger partial charge in [-0.25, -0.2) is 4.79 Å². The Bertz CT molecular complexity index is 635. The average molecular weight is 302 g/mol. The lowest BCUT2D eigenvalue weighted by Gasteiger charge is -2.08. The van der Waals surface area contributed by atoms with Crippen LogP contribution in [0.1, 0.15) is 33.7 Å². The summed E-state index contributed by atoms with van der Waals surface area (Å²) in [6, 6.07) is 9.51. The van der Waals surface area contributed by atoms with Crippen molar-refractivity contribution in [3.05, 3.63) is 52.8 Å². The van der Waals surface area contributed by atoms with E-state index in [1.165, 1.54) is 0 Å². The van der Waals surface area contributed by atoms with Gasteiger partial charge in [0.05, 0.1) is 24.4 Å². The average Bonchev–Trinajstić information content (AvgIpc) is 2.81. The molecule has 0 aliphatic rings. The summed E-state index contributed by atoms with van der Waals surface area (Å²) in [4.78, 5) is 12.0. The highest BCUT2D eigenvalue weighted by atomic mass is 16.5. The molecule has 1 aromatic carbocycles. The molecule has 5 heteroatoms. The van der Waals surface area contributed by atoms with Crippen LogP contribution in [-0.2, 0) is 16.0 Å². The lowest BCUT2D eigenvalue weighted by Crippen LogP contribution is -2.09. The molecule has 0 atom stereocenters. The molecule has 5 nitrogen and oxygen atoms in total. The Labute approximate surface area is 130 Å². The van der Waals surface area contributed by atoms with Crippen molar-refractivity contribution in [2.24, 2.45) is 0 Å². The largest absolute Gasteiger partial charge is 0.462 e. The van der Waals surface area contributed by atoms with Gasteiger partial charge in [0.25, 0.3) is 0 Å². The summed E-state index contributed by atoms with van der Waals surface area (Å²) in [5, 5.41) is 4.44. The summed E-state index contributed by atoms with van der Waals surface area (Å²) in [5.41, 5.74) is 3.69. The van der Waals surface area contributed by atoms with Gasteiger partial charge in [-0.1, -0.05) is 12.1 Å². The van der Waals surface area contributed by atoms with Crippen LogP contribution < -0.4 is 0 Å². The number of nitrogens with zero attached hydrogens (tertiary/aromatic N) is 2. The monoisotopic (exact) mass is 302 g/mol. The first kappa shape index (κ1) is 16.2. The van der Waals surface area contributed by atoms with Gasteiger partial charge in [0.1, 0.15) is 0 Å². The highest BCUT2D eigenvalue weighted by molar-refractivity contribution is 5.89. The Kier molecular flexibility index (Phi) is 5.72. The Morgan fingerprint density at radius 2 is 2.05 bits per heavy atom. The number of aromatic nitrogens is 2. The van der Waals surface area contributed by atoms with Crippen LogP contribution in [0.5, 0.6) is 0 Å². The molecule has 2 rings (SSSR count). The van der Waals surface area contributed by atoms with E-state index in [2.05, 4.69) is 5.10 Å². The van der Waals surface area contributed by atoms with Gasteiger partial charge in [0, 0.05) is 25.8 Å². The molecule has 0 radical (unpaired) electrons. The van der Waals surface area contributed by atoms with Crippen LogP contribution in [0.2, 0.25) is 0 Å². The number of ether oxygens (including phenoxy) is 2. The second kappa shape index (κ2) is 7.75. The van der Waals surface area contributed by atoms with Crippen molar-refractivity contribution >= 4 is 5.97 Å². The molecular weight excluding hydrogens is 280 g/mol. The summed E-state index contributed by atoms with van der Waals surface area (Å²) in [7, 11) is 1.63. The topological polar surface area (TPSA) is 53.4 Å². The number of hydrogen-bond acceptors (Lipinski definition) is 4. The molecule has 0 fully saturated rings. The SMILES string of the molecule is COCCCOC(=O)c1cccc(Cn2nc(C)cc2C)c1. The summed E-state index contributed by atoms with van der Waals surface area (Å²) >= 11 is 0.